The highest BCUT2D eigenvalue weighted by molar-refractivity contribution is 5.83. The van der Waals surface area contributed by atoms with E-state index in [4.69, 9.17) is 11.1 Å². The molecule has 5 nitrogen and oxygen atoms in total. The van der Waals surface area contributed by atoms with Gasteiger partial charge in [0.1, 0.15) is 0 Å². The van der Waals surface area contributed by atoms with Crippen LogP contribution in [0.2, 0.25) is 0 Å². The summed E-state index contributed by atoms with van der Waals surface area (Å²) in [7, 11) is 0. The molecule has 2 heterocycles. The van der Waals surface area contributed by atoms with Crippen LogP contribution in [-0.4, -0.2) is 34.9 Å². The molecular formula is C14H22N4O. The van der Waals surface area contributed by atoms with Crippen LogP contribution in [0.3, 0.4) is 0 Å². The van der Waals surface area contributed by atoms with E-state index in [0.717, 1.165) is 39.0 Å². The van der Waals surface area contributed by atoms with E-state index in [1.54, 1.807) is 16.7 Å². The van der Waals surface area contributed by atoms with Crippen LogP contribution in [0.1, 0.15) is 19.8 Å². The van der Waals surface area contributed by atoms with Crippen LogP contribution in [0.4, 0.5) is 0 Å². The fourth-order valence-corrected chi connectivity index (χ4v) is 2.43. The van der Waals surface area contributed by atoms with Gasteiger partial charge in [-0.1, -0.05) is 13.0 Å². The Balaban J connectivity index is 1.85. The molecule has 0 aliphatic carbocycles. The van der Waals surface area contributed by atoms with E-state index in [9.17, 15) is 4.79 Å². The first kappa shape index (κ1) is 13.8. The highest BCUT2D eigenvalue weighted by atomic mass is 16.1. The molecule has 3 N–H and O–H groups in total. The van der Waals surface area contributed by atoms with E-state index in [1.807, 2.05) is 12.3 Å². The van der Waals surface area contributed by atoms with Gasteiger partial charge in [-0.05, 0) is 32.0 Å². The van der Waals surface area contributed by atoms with E-state index in [-0.39, 0.29) is 11.0 Å². The Morgan fingerprint density at radius 3 is 2.63 bits per heavy atom. The smallest absolute Gasteiger partial charge is 0.250 e. The van der Waals surface area contributed by atoms with Gasteiger partial charge in [0.15, 0.2) is 0 Å². The third kappa shape index (κ3) is 3.23. The van der Waals surface area contributed by atoms with Crippen molar-refractivity contribution >= 4 is 5.84 Å². The van der Waals surface area contributed by atoms with Gasteiger partial charge in [-0.25, -0.2) is 0 Å². The fourth-order valence-electron chi connectivity index (χ4n) is 2.43. The van der Waals surface area contributed by atoms with Crippen molar-refractivity contribution in [1.82, 2.24) is 9.47 Å². The lowest BCUT2D eigenvalue weighted by atomic mass is 9.79. The number of piperidine rings is 1. The maximum absolute atomic E-state index is 11.6. The number of rotatable bonds is 4. The summed E-state index contributed by atoms with van der Waals surface area (Å²) in [6, 6.07) is 5.23. The first-order chi connectivity index (χ1) is 9.01. The third-order valence-electron chi connectivity index (χ3n) is 4.17. The Kier molecular flexibility index (Phi) is 4.04. The molecule has 0 atom stereocenters. The van der Waals surface area contributed by atoms with Crippen LogP contribution in [0, 0.1) is 10.8 Å². The summed E-state index contributed by atoms with van der Waals surface area (Å²) in [6.45, 7) is 5.54. The number of hydrogen-bond acceptors (Lipinski definition) is 3. The second-order valence-electron chi connectivity index (χ2n) is 5.55. The number of pyridine rings is 1. The fraction of sp³-hybridized carbons (Fsp3) is 0.571. The number of nitrogens with zero attached hydrogens (tertiary/aromatic N) is 2. The molecule has 0 unspecified atom stereocenters. The Morgan fingerprint density at radius 1 is 1.37 bits per heavy atom. The Morgan fingerprint density at radius 2 is 2.05 bits per heavy atom. The second-order valence-corrected chi connectivity index (χ2v) is 5.55. The molecule has 104 valence electrons. The van der Waals surface area contributed by atoms with E-state index < -0.39 is 0 Å². The van der Waals surface area contributed by atoms with Crippen LogP contribution < -0.4 is 11.3 Å². The minimum Gasteiger partial charge on any atom is -0.387 e. The summed E-state index contributed by atoms with van der Waals surface area (Å²) in [5.74, 6) is 0.298. The summed E-state index contributed by atoms with van der Waals surface area (Å²) >= 11 is 0. The van der Waals surface area contributed by atoms with E-state index >= 15 is 0 Å². The van der Waals surface area contributed by atoms with Crippen LogP contribution in [0.15, 0.2) is 29.2 Å². The quantitative estimate of drug-likeness (QED) is 0.625. The predicted molar refractivity (Wildman–Crippen MR) is 76.4 cm³/mol. The Hall–Kier alpha value is -1.62. The Labute approximate surface area is 113 Å². The lowest BCUT2D eigenvalue weighted by Crippen LogP contribution is -2.46. The molecule has 0 spiro atoms. The maximum atomic E-state index is 11.6. The SMILES string of the molecule is CC1(C(=N)N)CCN(CCn2ccccc2=O)CC1. The molecule has 0 radical (unpaired) electrons. The molecule has 2 rings (SSSR count). The zero-order valence-electron chi connectivity index (χ0n) is 11.4. The molecule has 0 aromatic carbocycles. The summed E-state index contributed by atoms with van der Waals surface area (Å²) in [5.41, 5.74) is 5.56. The molecule has 1 aliphatic heterocycles. The van der Waals surface area contributed by atoms with Gasteiger partial charge in [0.25, 0.3) is 5.56 Å². The van der Waals surface area contributed by atoms with Crippen LogP contribution >= 0.6 is 0 Å². The molecule has 0 bridgehead atoms. The van der Waals surface area contributed by atoms with Crippen molar-refractivity contribution in [3.8, 4) is 0 Å². The highest BCUT2D eigenvalue weighted by Gasteiger charge is 2.32. The zero-order chi connectivity index (χ0) is 13.9. The summed E-state index contributed by atoms with van der Waals surface area (Å²) in [4.78, 5) is 13.9. The minimum atomic E-state index is -0.139. The summed E-state index contributed by atoms with van der Waals surface area (Å²) in [5, 5.41) is 7.63. The number of amidine groups is 1. The first-order valence-corrected chi connectivity index (χ1v) is 6.74. The molecular weight excluding hydrogens is 240 g/mol. The van der Waals surface area contributed by atoms with E-state index in [2.05, 4.69) is 11.8 Å². The molecule has 5 heteroatoms. The van der Waals surface area contributed by atoms with Crippen molar-refractivity contribution in [1.29, 1.82) is 5.41 Å². The van der Waals surface area contributed by atoms with Crippen LogP contribution in [0.5, 0.6) is 0 Å². The average molecular weight is 262 g/mol. The minimum absolute atomic E-state index is 0.0492. The number of hydrogen-bond donors (Lipinski definition) is 2. The standard InChI is InChI=1S/C14H22N4O/c1-14(13(15)16)5-8-17(9-6-14)10-11-18-7-3-2-4-12(18)19/h2-4,7H,5-6,8-11H2,1H3,(H3,15,16). The first-order valence-electron chi connectivity index (χ1n) is 6.74. The van der Waals surface area contributed by atoms with Gasteiger partial charge >= 0.3 is 0 Å². The van der Waals surface area contributed by atoms with Gasteiger partial charge in [-0.3, -0.25) is 10.2 Å². The number of nitrogens with one attached hydrogen (secondary N) is 1. The highest BCUT2D eigenvalue weighted by Crippen LogP contribution is 2.30. The van der Waals surface area contributed by atoms with Crippen molar-refractivity contribution in [3.05, 3.63) is 34.7 Å². The van der Waals surface area contributed by atoms with E-state index in [0.29, 0.717) is 5.84 Å². The molecule has 19 heavy (non-hydrogen) atoms. The molecule has 0 saturated carbocycles. The number of likely N-dealkylation sites (tertiary alicyclic amines) is 1. The van der Waals surface area contributed by atoms with Crippen molar-refractivity contribution in [2.24, 2.45) is 11.1 Å². The molecule has 1 saturated heterocycles. The lowest BCUT2D eigenvalue weighted by molar-refractivity contribution is 0.157. The maximum Gasteiger partial charge on any atom is 0.250 e. The second kappa shape index (κ2) is 5.57. The van der Waals surface area contributed by atoms with Gasteiger partial charge in [0.05, 0.1) is 5.84 Å². The predicted octanol–water partition coefficient (Wildman–Crippen LogP) is 0.886. The number of nitrogens with two attached hydrogens (primary N) is 1. The van der Waals surface area contributed by atoms with Gasteiger partial charge in [-0.2, -0.15) is 0 Å². The third-order valence-corrected chi connectivity index (χ3v) is 4.17. The normalized spacial score (nSPS) is 19.2. The molecule has 0 amide bonds. The van der Waals surface area contributed by atoms with Crippen molar-refractivity contribution in [2.75, 3.05) is 19.6 Å². The zero-order valence-corrected chi connectivity index (χ0v) is 11.4. The van der Waals surface area contributed by atoms with Crippen molar-refractivity contribution in [3.63, 3.8) is 0 Å². The number of aromatic nitrogens is 1. The Bertz CT molecular complexity index is 500. The van der Waals surface area contributed by atoms with Gasteiger partial charge in [0, 0.05) is 30.8 Å². The van der Waals surface area contributed by atoms with E-state index in [1.165, 1.54) is 0 Å². The average Bonchev–Trinajstić information content (AvgIpc) is 2.40. The van der Waals surface area contributed by atoms with Crippen molar-refractivity contribution in [2.45, 2.75) is 26.3 Å². The van der Waals surface area contributed by atoms with Gasteiger partial charge in [-0.15, -0.1) is 0 Å². The monoisotopic (exact) mass is 262 g/mol. The molecule has 1 fully saturated rings. The molecule has 1 aliphatic rings. The summed E-state index contributed by atoms with van der Waals surface area (Å²) in [6.07, 6.45) is 3.67. The van der Waals surface area contributed by atoms with Gasteiger partial charge in [0.2, 0.25) is 0 Å². The van der Waals surface area contributed by atoms with Crippen LogP contribution in [0.25, 0.3) is 0 Å². The topological polar surface area (TPSA) is 75.1 Å². The van der Waals surface area contributed by atoms with Gasteiger partial charge < -0.3 is 15.2 Å². The summed E-state index contributed by atoms with van der Waals surface area (Å²) < 4.78 is 1.73. The molecule has 1 aromatic rings. The molecule has 1 aromatic heterocycles. The largest absolute Gasteiger partial charge is 0.387 e. The van der Waals surface area contributed by atoms with Crippen molar-refractivity contribution < 1.29 is 0 Å². The lowest BCUT2D eigenvalue weighted by Gasteiger charge is -2.38. The van der Waals surface area contributed by atoms with Crippen LogP contribution in [-0.2, 0) is 6.54 Å².